The standard InChI is InChI=1S/C18H22N2O3S/c1-20(18(22)7-3-5-16-6-4-12-24-16)13-17(21)19-14-8-10-15(23-2)11-9-14/h4,6,8-12H,3,5,7,13H2,1-2H3,(H,19,21). The first-order chi connectivity index (χ1) is 11.6. The summed E-state index contributed by atoms with van der Waals surface area (Å²) in [6, 6.07) is 11.2. The molecule has 0 fully saturated rings. The lowest BCUT2D eigenvalue weighted by atomic mass is 10.2. The molecule has 0 saturated heterocycles. The van der Waals surface area contributed by atoms with Gasteiger partial charge in [0.2, 0.25) is 11.8 Å². The van der Waals surface area contributed by atoms with Crippen LogP contribution < -0.4 is 10.1 Å². The molecule has 1 heterocycles. The molecule has 2 aromatic rings. The van der Waals surface area contributed by atoms with Crippen LogP contribution in [0.15, 0.2) is 41.8 Å². The Morgan fingerprint density at radius 2 is 1.96 bits per heavy atom. The SMILES string of the molecule is COc1ccc(NC(=O)CN(C)C(=O)CCCc2cccs2)cc1. The van der Waals surface area contributed by atoms with Gasteiger partial charge in [0.1, 0.15) is 5.75 Å². The minimum Gasteiger partial charge on any atom is -0.497 e. The zero-order valence-electron chi connectivity index (χ0n) is 14.0. The lowest BCUT2D eigenvalue weighted by molar-refractivity contribution is -0.133. The van der Waals surface area contributed by atoms with Crippen LogP contribution in [-0.4, -0.2) is 37.4 Å². The molecule has 0 aliphatic rings. The first kappa shape index (κ1) is 18.0. The van der Waals surface area contributed by atoms with E-state index in [4.69, 9.17) is 4.74 Å². The maximum Gasteiger partial charge on any atom is 0.243 e. The highest BCUT2D eigenvalue weighted by molar-refractivity contribution is 7.09. The predicted octanol–water partition coefficient (Wildman–Crippen LogP) is 3.18. The molecule has 5 nitrogen and oxygen atoms in total. The number of benzene rings is 1. The van der Waals surface area contributed by atoms with Crippen molar-refractivity contribution in [2.45, 2.75) is 19.3 Å². The second-order valence-corrected chi connectivity index (χ2v) is 6.49. The lowest BCUT2D eigenvalue weighted by Gasteiger charge is -2.16. The van der Waals surface area contributed by atoms with E-state index in [1.165, 1.54) is 9.78 Å². The van der Waals surface area contributed by atoms with E-state index in [0.29, 0.717) is 12.1 Å². The van der Waals surface area contributed by atoms with Gasteiger partial charge in [0.25, 0.3) is 0 Å². The van der Waals surface area contributed by atoms with E-state index in [-0.39, 0.29) is 18.4 Å². The second-order valence-electron chi connectivity index (χ2n) is 5.46. The molecule has 24 heavy (non-hydrogen) atoms. The third kappa shape index (κ3) is 5.70. The maximum absolute atomic E-state index is 12.1. The summed E-state index contributed by atoms with van der Waals surface area (Å²) in [6.45, 7) is 0.0455. The van der Waals surface area contributed by atoms with E-state index in [1.807, 2.05) is 11.4 Å². The summed E-state index contributed by atoms with van der Waals surface area (Å²) in [7, 11) is 3.24. The third-order valence-electron chi connectivity index (χ3n) is 3.57. The molecule has 0 aliphatic heterocycles. The Labute approximate surface area is 146 Å². The van der Waals surface area contributed by atoms with Crippen LogP contribution in [0.3, 0.4) is 0 Å². The number of rotatable bonds is 8. The van der Waals surface area contributed by atoms with Crippen molar-refractivity contribution in [2.24, 2.45) is 0 Å². The molecule has 0 atom stereocenters. The van der Waals surface area contributed by atoms with Crippen molar-refractivity contribution in [1.82, 2.24) is 4.90 Å². The smallest absolute Gasteiger partial charge is 0.243 e. The molecular formula is C18H22N2O3S. The number of methoxy groups -OCH3 is 1. The summed E-state index contributed by atoms with van der Waals surface area (Å²) in [4.78, 5) is 26.8. The minimum absolute atomic E-state index is 0.0172. The number of hydrogen-bond acceptors (Lipinski definition) is 4. The molecule has 2 rings (SSSR count). The molecule has 0 bridgehead atoms. The van der Waals surface area contributed by atoms with Crippen molar-refractivity contribution < 1.29 is 14.3 Å². The van der Waals surface area contributed by atoms with E-state index in [0.717, 1.165) is 18.6 Å². The van der Waals surface area contributed by atoms with Gasteiger partial charge in [-0.05, 0) is 48.6 Å². The first-order valence-corrected chi connectivity index (χ1v) is 8.66. The van der Waals surface area contributed by atoms with Crippen molar-refractivity contribution in [1.29, 1.82) is 0 Å². The first-order valence-electron chi connectivity index (χ1n) is 7.78. The monoisotopic (exact) mass is 346 g/mol. The molecule has 6 heteroatoms. The molecule has 0 spiro atoms. The van der Waals surface area contributed by atoms with Crippen LogP contribution in [0.1, 0.15) is 17.7 Å². The van der Waals surface area contributed by atoms with Gasteiger partial charge in [0.15, 0.2) is 0 Å². The second kappa shape index (κ2) is 9.08. The Bertz CT molecular complexity index is 653. The molecule has 1 N–H and O–H groups in total. The average molecular weight is 346 g/mol. The van der Waals surface area contributed by atoms with Gasteiger partial charge < -0.3 is 15.0 Å². The number of nitrogens with zero attached hydrogens (tertiary/aromatic N) is 1. The number of anilines is 1. The summed E-state index contributed by atoms with van der Waals surface area (Å²) in [5.41, 5.74) is 0.680. The molecule has 128 valence electrons. The molecule has 0 radical (unpaired) electrons. The van der Waals surface area contributed by atoms with Gasteiger partial charge >= 0.3 is 0 Å². The quantitative estimate of drug-likeness (QED) is 0.799. The van der Waals surface area contributed by atoms with E-state index in [9.17, 15) is 9.59 Å². The molecule has 1 aromatic heterocycles. The van der Waals surface area contributed by atoms with Crippen molar-refractivity contribution in [3.05, 3.63) is 46.7 Å². The minimum atomic E-state index is -0.214. The van der Waals surface area contributed by atoms with Gasteiger partial charge in [-0.15, -0.1) is 11.3 Å². The van der Waals surface area contributed by atoms with Crippen LogP contribution in [0.4, 0.5) is 5.69 Å². The Morgan fingerprint density at radius 1 is 1.21 bits per heavy atom. The summed E-state index contributed by atoms with van der Waals surface area (Å²) in [6.07, 6.45) is 2.14. The van der Waals surface area contributed by atoms with E-state index >= 15 is 0 Å². The van der Waals surface area contributed by atoms with Crippen molar-refractivity contribution in [2.75, 3.05) is 26.0 Å². The van der Waals surface area contributed by atoms with Gasteiger partial charge in [-0.1, -0.05) is 6.07 Å². The third-order valence-corrected chi connectivity index (χ3v) is 4.51. The summed E-state index contributed by atoms with van der Waals surface area (Å²) in [5.74, 6) is 0.497. The fourth-order valence-corrected chi connectivity index (χ4v) is 2.99. The Kier molecular flexibility index (Phi) is 6.81. The number of carbonyl (C=O) groups is 2. The van der Waals surface area contributed by atoms with Crippen LogP contribution in [0.2, 0.25) is 0 Å². The largest absolute Gasteiger partial charge is 0.497 e. The maximum atomic E-state index is 12.1. The van der Waals surface area contributed by atoms with Gasteiger partial charge in [-0.2, -0.15) is 0 Å². The van der Waals surface area contributed by atoms with Gasteiger partial charge in [-0.25, -0.2) is 0 Å². The number of likely N-dealkylation sites (N-methyl/N-ethyl adjacent to an activating group) is 1. The van der Waals surface area contributed by atoms with Crippen LogP contribution >= 0.6 is 11.3 Å². The highest BCUT2D eigenvalue weighted by Gasteiger charge is 2.13. The molecule has 2 amide bonds. The van der Waals surface area contributed by atoms with Crippen LogP contribution in [0.25, 0.3) is 0 Å². The molecule has 0 saturated carbocycles. The number of aryl methyl sites for hydroxylation is 1. The fraction of sp³-hybridized carbons (Fsp3) is 0.333. The summed E-state index contributed by atoms with van der Waals surface area (Å²) >= 11 is 1.70. The summed E-state index contributed by atoms with van der Waals surface area (Å²) in [5, 5.41) is 4.81. The topological polar surface area (TPSA) is 58.6 Å². The van der Waals surface area contributed by atoms with Gasteiger partial charge in [-0.3, -0.25) is 9.59 Å². The normalized spacial score (nSPS) is 10.2. The zero-order valence-corrected chi connectivity index (χ0v) is 14.8. The van der Waals surface area contributed by atoms with Crippen molar-refractivity contribution in [3.8, 4) is 5.75 Å². The van der Waals surface area contributed by atoms with Crippen LogP contribution in [-0.2, 0) is 16.0 Å². The van der Waals surface area contributed by atoms with Gasteiger partial charge in [0.05, 0.1) is 13.7 Å². The predicted molar refractivity (Wildman–Crippen MR) is 96.5 cm³/mol. The van der Waals surface area contributed by atoms with Crippen LogP contribution in [0.5, 0.6) is 5.75 Å². The van der Waals surface area contributed by atoms with Crippen LogP contribution in [0, 0.1) is 0 Å². The Balaban J connectivity index is 1.72. The van der Waals surface area contributed by atoms with Gasteiger partial charge in [0, 0.05) is 24.0 Å². The van der Waals surface area contributed by atoms with Crippen molar-refractivity contribution in [3.63, 3.8) is 0 Å². The number of ether oxygens (including phenoxy) is 1. The van der Waals surface area contributed by atoms with E-state index < -0.39 is 0 Å². The number of nitrogens with one attached hydrogen (secondary N) is 1. The Hall–Kier alpha value is -2.34. The fourth-order valence-electron chi connectivity index (χ4n) is 2.24. The number of amides is 2. The van der Waals surface area contributed by atoms with E-state index in [1.54, 1.807) is 49.8 Å². The Morgan fingerprint density at radius 3 is 2.58 bits per heavy atom. The molecular weight excluding hydrogens is 324 g/mol. The number of thiophene rings is 1. The molecule has 0 unspecified atom stereocenters. The highest BCUT2D eigenvalue weighted by Crippen LogP contribution is 2.15. The lowest BCUT2D eigenvalue weighted by Crippen LogP contribution is -2.34. The van der Waals surface area contributed by atoms with Crippen molar-refractivity contribution >= 4 is 28.8 Å². The average Bonchev–Trinajstić information content (AvgIpc) is 3.08. The summed E-state index contributed by atoms with van der Waals surface area (Å²) < 4.78 is 5.07. The highest BCUT2D eigenvalue weighted by atomic mass is 32.1. The number of carbonyl (C=O) groups excluding carboxylic acids is 2. The molecule has 1 aromatic carbocycles. The number of hydrogen-bond donors (Lipinski definition) is 1. The zero-order chi connectivity index (χ0) is 17.4. The molecule has 0 aliphatic carbocycles. The van der Waals surface area contributed by atoms with E-state index in [2.05, 4.69) is 11.4 Å².